The van der Waals surface area contributed by atoms with E-state index in [1.165, 1.54) is 17.7 Å². The van der Waals surface area contributed by atoms with Crippen molar-refractivity contribution in [2.75, 3.05) is 31.1 Å². The molecule has 7 nitrogen and oxygen atoms in total. The molecule has 0 N–H and O–H groups in total. The Morgan fingerprint density at radius 3 is 2.54 bits per heavy atom. The van der Waals surface area contributed by atoms with Crippen molar-refractivity contribution in [1.82, 2.24) is 29.2 Å². The monoisotopic (exact) mass is 413 g/mol. The van der Waals surface area contributed by atoms with Crippen molar-refractivity contribution in [3.05, 3.63) is 51.4 Å². The molecule has 0 unspecified atom stereocenters. The number of hydrogen-bond acceptors (Lipinski definition) is 7. The van der Waals surface area contributed by atoms with Crippen molar-refractivity contribution in [3.8, 4) is 0 Å². The molecule has 3 aromatic rings. The summed E-state index contributed by atoms with van der Waals surface area (Å²) < 4.78 is 5.18. The van der Waals surface area contributed by atoms with Crippen LogP contribution in [0.4, 0.5) is 5.95 Å². The molecule has 146 valence electrons. The van der Waals surface area contributed by atoms with E-state index in [0.29, 0.717) is 6.04 Å². The summed E-state index contributed by atoms with van der Waals surface area (Å²) in [7, 11) is 0. The van der Waals surface area contributed by atoms with E-state index >= 15 is 0 Å². The van der Waals surface area contributed by atoms with Crippen LogP contribution >= 0.6 is 23.6 Å². The van der Waals surface area contributed by atoms with Gasteiger partial charge in [-0.05, 0) is 42.6 Å². The van der Waals surface area contributed by atoms with Gasteiger partial charge in [0.2, 0.25) is 5.95 Å². The molecule has 0 spiro atoms. The van der Waals surface area contributed by atoms with Gasteiger partial charge in [0.25, 0.3) is 0 Å². The van der Waals surface area contributed by atoms with Gasteiger partial charge in [-0.2, -0.15) is 5.10 Å². The molecule has 4 heterocycles. The topological polar surface area (TPSA) is 55.0 Å². The van der Waals surface area contributed by atoms with Crippen LogP contribution in [0.3, 0.4) is 0 Å². The van der Waals surface area contributed by atoms with E-state index in [-0.39, 0.29) is 0 Å². The lowest BCUT2D eigenvalue weighted by Crippen LogP contribution is -2.47. The molecule has 1 aliphatic heterocycles. The fourth-order valence-electron chi connectivity index (χ4n) is 3.68. The molecule has 1 saturated heterocycles. The minimum Gasteiger partial charge on any atom is -0.338 e. The molecule has 9 heteroatoms. The van der Waals surface area contributed by atoms with E-state index in [1.807, 2.05) is 10.7 Å². The van der Waals surface area contributed by atoms with Crippen molar-refractivity contribution < 1.29 is 0 Å². The van der Waals surface area contributed by atoms with E-state index in [0.717, 1.165) is 55.8 Å². The Morgan fingerprint density at radius 1 is 1.07 bits per heavy atom. The van der Waals surface area contributed by atoms with Gasteiger partial charge in [0.05, 0.1) is 6.67 Å². The first-order chi connectivity index (χ1) is 13.8. The van der Waals surface area contributed by atoms with E-state index in [4.69, 9.17) is 17.3 Å². The third-order valence-corrected chi connectivity index (χ3v) is 6.59. The molecule has 2 fully saturated rings. The average molecular weight is 414 g/mol. The van der Waals surface area contributed by atoms with Crippen LogP contribution in [0.5, 0.6) is 0 Å². The van der Waals surface area contributed by atoms with E-state index in [1.54, 1.807) is 23.7 Å². The van der Waals surface area contributed by atoms with Crippen LogP contribution in [0.2, 0.25) is 0 Å². The van der Waals surface area contributed by atoms with Gasteiger partial charge in [-0.15, -0.1) is 11.3 Å². The zero-order chi connectivity index (χ0) is 18.9. The fourth-order valence-corrected chi connectivity index (χ4v) is 4.73. The summed E-state index contributed by atoms with van der Waals surface area (Å²) >= 11 is 7.59. The zero-order valence-corrected chi connectivity index (χ0v) is 17.3. The SMILES string of the molecule is S=c1n(CN2CCN(c3ncccn3)CC2)nc(Cc2cccs2)n1C1CC1. The van der Waals surface area contributed by atoms with Crippen LogP contribution in [0.15, 0.2) is 36.0 Å². The zero-order valence-electron chi connectivity index (χ0n) is 15.6. The number of nitrogens with zero attached hydrogens (tertiary/aromatic N) is 7. The molecular weight excluding hydrogens is 390 g/mol. The normalized spacial score (nSPS) is 17.9. The maximum atomic E-state index is 5.80. The molecule has 1 saturated carbocycles. The molecule has 0 radical (unpaired) electrons. The van der Waals surface area contributed by atoms with Crippen molar-refractivity contribution in [3.63, 3.8) is 0 Å². The van der Waals surface area contributed by atoms with Crippen molar-refractivity contribution in [2.45, 2.75) is 32.0 Å². The number of hydrogen-bond donors (Lipinski definition) is 0. The van der Waals surface area contributed by atoms with Crippen LogP contribution < -0.4 is 4.90 Å². The second-order valence-electron chi connectivity index (χ2n) is 7.35. The first kappa shape index (κ1) is 18.0. The Kier molecular flexibility index (Phi) is 4.96. The third kappa shape index (κ3) is 3.74. The van der Waals surface area contributed by atoms with Crippen LogP contribution in [0.25, 0.3) is 0 Å². The summed E-state index contributed by atoms with van der Waals surface area (Å²) in [6.07, 6.45) is 6.89. The summed E-state index contributed by atoms with van der Waals surface area (Å²) in [6.45, 7) is 4.50. The van der Waals surface area contributed by atoms with E-state index < -0.39 is 0 Å². The van der Waals surface area contributed by atoms with Crippen LogP contribution in [-0.2, 0) is 13.1 Å². The summed E-state index contributed by atoms with van der Waals surface area (Å²) in [5.41, 5.74) is 0. The van der Waals surface area contributed by atoms with Gasteiger partial charge in [0.1, 0.15) is 5.82 Å². The maximum absolute atomic E-state index is 5.80. The molecule has 0 bridgehead atoms. The van der Waals surface area contributed by atoms with Gasteiger partial charge in [-0.3, -0.25) is 4.90 Å². The number of thiophene rings is 1. The Labute approximate surface area is 173 Å². The van der Waals surface area contributed by atoms with Crippen molar-refractivity contribution in [2.24, 2.45) is 0 Å². The summed E-state index contributed by atoms with van der Waals surface area (Å²) in [6, 6.07) is 6.67. The minimum absolute atomic E-state index is 0.545. The second kappa shape index (κ2) is 7.73. The molecular formula is C19H23N7S2. The van der Waals surface area contributed by atoms with Crippen LogP contribution in [0.1, 0.15) is 29.6 Å². The molecule has 0 amide bonds. The van der Waals surface area contributed by atoms with Crippen LogP contribution in [0, 0.1) is 4.77 Å². The standard InChI is InChI=1S/C19H23N7S2/c27-19-25(14-23-8-10-24(11-9-23)18-20-6-2-7-21-18)22-17(26(19)15-4-5-15)13-16-3-1-12-28-16/h1-3,6-7,12,15H,4-5,8-11,13-14H2. The Morgan fingerprint density at radius 2 is 1.86 bits per heavy atom. The second-order valence-corrected chi connectivity index (χ2v) is 8.75. The van der Waals surface area contributed by atoms with Crippen LogP contribution in [-0.4, -0.2) is 55.4 Å². The van der Waals surface area contributed by atoms with Gasteiger partial charge >= 0.3 is 0 Å². The summed E-state index contributed by atoms with van der Waals surface area (Å²) in [5.74, 6) is 1.92. The smallest absolute Gasteiger partial charge is 0.225 e. The number of aromatic nitrogens is 5. The third-order valence-electron chi connectivity index (χ3n) is 5.31. The highest BCUT2D eigenvalue weighted by Crippen LogP contribution is 2.36. The number of anilines is 1. The molecule has 3 aromatic heterocycles. The summed E-state index contributed by atoms with van der Waals surface area (Å²) in [5, 5.41) is 7.04. The van der Waals surface area contributed by atoms with E-state index in [2.05, 4.69) is 41.8 Å². The van der Waals surface area contributed by atoms with Gasteiger partial charge in [-0.25, -0.2) is 14.6 Å². The molecule has 0 aromatic carbocycles. The first-order valence-corrected chi connectivity index (χ1v) is 11.0. The predicted molar refractivity (Wildman–Crippen MR) is 112 cm³/mol. The summed E-state index contributed by atoms with van der Waals surface area (Å²) in [4.78, 5) is 14.7. The lowest BCUT2D eigenvalue weighted by atomic mass is 10.3. The number of piperazine rings is 1. The molecule has 5 rings (SSSR count). The minimum atomic E-state index is 0.545. The Hall–Kier alpha value is -2.10. The highest BCUT2D eigenvalue weighted by molar-refractivity contribution is 7.71. The van der Waals surface area contributed by atoms with Gasteiger partial charge in [0.15, 0.2) is 4.77 Å². The predicted octanol–water partition coefficient (Wildman–Crippen LogP) is 2.97. The maximum Gasteiger partial charge on any atom is 0.225 e. The average Bonchev–Trinajstić information content (AvgIpc) is 3.34. The highest BCUT2D eigenvalue weighted by atomic mass is 32.1. The van der Waals surface area contributed by atoms with Crippen molar-refractivity contribution >= 4 is 29.5 Å². The lowest BCUT2D eigenvalue weighted by Gasteiger charge is -2.34. The molecule has 1 aliphatic carbocycles. The lowest BCUT2D eigenvalue weighted by molar-refractivity contribution is 0.193. The quantitative estimate of drug-likeness (QED) is 0.579. The van der Waals surface area contributed by atoms with Gasteiger partial charge in [-0.1, -0.05) is 6.07 Å². The molecule has 0 atom stereocenters. The van der Waals surface area contributed by atoms with Crippen molar-refractivity contribution in [1.29, 1.82) is 0 Å². The van der Waals surface area contributed by atoms with E-state index in [9.17, 15) is 0 Å². The van der Waals surface area contributed by atoms with Gasteiger partial charge < -0.3 is 9.47 Å². The molecule has 2 aliphatic rings. The van der Waals surface area contributed by atoms with Gasteiger partial charge in [0, 0.05) is 55.9 Å². The molecule has 28 heavy (non-hydrogen) atoms. The Balaban J connectivity index is 1.29. The number of rotatable bonds is 6. The highest BCUT2D eigenvalue weighted by Gasteiger charge is 2.29. The Bertz CT molecular complexity index is 968. The first-order valence-electron chi connectivity index (χ1n) is 9.73. The fraction of sp³-hybridized carbons (Fsp3) is 0.474. The largest absolute Gasteiger partial charge is 0.338 e.